The van der Waals surface area contributed by atoms with Gasteiger partial charge in [-0.2, -0.15) is 9.61 Å². The minimum atomic E-state index is -0.185. The van der Waals surface area contributed by atoms with Gasteiger partial charge in [0.05, 0.1) is 11.4 Å². The first-order valence-electron chi connectivity index (χ1n) is 9.31. The summed E-state index contributed by atoms with van der Waals surface area (Å²) >= 11 is 0. The molecule has 3 aromatic heterocycles. The van der Waals surface area contributed by atoms with Crippen LogP contribution in [0.2, 0.25) is 0 Å². The van der Waals surface area contributed by atoms with E-state index >= 15 is 0 Å². The summed E-state index contributed by atoms with van der Waals surface area (Å²) in [5, 5.41) is 4.40. The van der Waals surface area contributed by atoms with Crippen molar-refractivity contribution in [2.45, 2.75) is 34.1 Å². The summed E-state index contributed by atoms with van der Waals surface area (Å²) < 4.78 is 1.36. The minimum absolute atomic E-state index is 0.185. The van der Waals surface area contributed by atoms with Gasteiger partial charge in [0.1, 0.15) is 17.0 Å². The lowest BCUT2D eigenvalue weighted by molar-refractivity contribution is 0.411. The maximum atomic E-state index is 12.6. The van der Waals surface area contributed by atoms with E-state index in [4.69, 9.17) is 0 Å². The smallest absolute Gasteiger partial charge is 0.274 e. The van der Waals surface area contributed by atoms with Crippen LogP contribution in [0.3, 0.4) is 0 Å². The van der Waals surface area contributed by atoms with Crippen molar-refractivity contribution in [3.05, 3.63) is 70.4 Å². The molecule has 0 fully saturated rings. The Morgan fingerprint density at radius 1 is 1.04 bits per heavy atom. The molecule has 0 unspecified atom stereocenters. The summed E-state index contributed by atoms with van der Waals surface area (Å²) in [6.45, 7) is 8.55. The summed E-state index contributed by atoms with van der Waals surface area (Å²) in [4.78, 5) is 24.5. The maximum Gasteiger partial charge on any atom is 0.274 e. The monoisotopic (exact) mass is 373 g/mol. The van der Waals surface area contributed by atoms with Crippen molar-refractivity contribution in [3.63, 3.8) is 0 Å². The van der Waals surface area contributed by atoms with Gasteiger partial charge in [0, 0.05) is 24.5 Å². The van der Waals surface area contributed by atoms with Crippen LogP contribution >= 0.6 is 0 Å². The third-order valence-corrected chi connectivity index (χ3v) is 4.57. The molecule has 0 aliphatic heterocycles. The van der Waals surface area contributed by atoms with Crippen LogP contribution in [0, 0.1) is 12.3 Å². The molecule has 28 heavy (non-hydrogen) atoms. The highest BCUT2D eigenvalue weighted by atomic mass is 16.1. The molecule has 1 aromatic carbocycles. The van der Waals surface area contributed by atoms with Gasteiger partial charge in [0.15, 0.2) is 0 Å². The maximum absolute atomic E-state index is 12.6. The number of hydrogen-bond acceptors (Lipinski definition) is 4. The first-order chi connectivity index (χ1) is 13.3. The van der Waals surface area contributed by atoms with Gasteiger partial charge in [-0.25, -0.2) is 0 Å². The van der Waals surface area contributed by atoms with E-state index in [2.05, 4.69) is 53.0 Å². The molecule has 1 N–H and O–H groups in total. The van der Waals surface area contributed by atoms with E-state index in [0.29, 0.717) is 17.0 Å². The lowest BCUT2D eigenvalue weighted by Crippen LogP contribution is -2.14. The summed E-state index contributed by atoms with van der Waals surface area (Å²) in [5.74, 6) is 0. The van der Waals surface area contributed by atoms with E-state index in [0.717, 1.165) is 23.4 Å². The van der Waals surface area contributed by atoms with Gasteiger partial charge in [-0.05, 0) is 29.9 Å². The van der Waals surface area contributed by atoms with Crippen molar-refractivity contribution in [3.8, 4) is 22.6 Å². The molecule has 0 radical (unpaired) electrons. The van der Waals surface area contributed by atoms with E-state index in [9.17, 15) is 4.79 Å². The average molecular weight is 373 g/mol. The Balaban J connectivity index is 1.73. The third kappa shape index (κ3) is 3.58. The number of rotatable bonds is 3. The van der Waals surface area contributed by atoms with Crippen LogP contribution in [0.1, 0.15) is 32.0 Å². The van der Waals surface area contributed by atoms with E-state index in [1.54, 1.807) is 18.5 Å². The first-order valence-corrected chi connectivity index (χ1v) is 9.31. The van der Waals surface area contributed by atoms with E-state index in [-0.39, 0.29) is 11.0 Å². The Morgan fingerprint density at radius 3 is 2.43 bits per heavy atom. The summed E-state index contributed by atoms with van der Waals surface area (Å²) in [7, 11) is 0. The molecule has 0 atom stereocenters. The van der Waals surface area contributed by atoms with Gasteiger partial charge in [0.2, 0.25) is 0 Å². The lowest BCUT2D eigenvalue weighted by Gasteiger charge is -2.18. The van der Waals surface area contributed by atoms with Crippen molar-refractivity contribution < 1.29 is 0 Å². The Hall–Kier alpha value is -3.28. The molecule has 6 heteroatoms. The normalized spacial score (nSPS) is 11.9. The molecule has 0 spiro atoms. The number of benzene rings is 1. The van der Waals surface area contributed by atoms with Gasteiger partial charge >= 0.3 is 0 Å². The predicted molar refractivity (Wildman–Crippen MR) is 110 cm³/mol. The summed E-state index contributed by atoms with van der Waals surface area (Å²) in [5.41, 5.74) is 5.76. The third-order valence-electron chi connectivity index (χ3n) is 4.57. The highest BCUT2D eigenvalue weighted by Gasteiger charge is 2.13. The minimum Gasteiger partial charge on any atom is -0.339 e. The SMILES string of the molecule is Cc1nccnc1-c1cc2[nH]c(-c3ccc(CC(C)(C)C)cc3)cc(=O)n2n1. The molecule has 4 rings (SSSR count). The highest BCUT2D eigenvalue weighted by molar-refractivity contribution is 5.66. The van der Waals surface area contributed by atoms with Gasteiger partial charge in [-0.3, -0.25) is 14.8 Å². The van der Waals surface area contributed by atoms with Crippen molar-refractivity contribution in [2.75, 3.05) is 0 Å². The molecular formula is C22H23N5O. The molecule has 0 aliphatic rings. The second-order valence-electron chi connectivity index (χ2n) is 8.27. The van der Waals surface area contributed by atoms with E-state index in [1.165, 1.54) is 10.1 Å². The number of hydrogen-bond donors (Lipinski definition) is 1. The number of aromatic amines is 1. The molecule has 6 nitrogen and oxygen atoms in total. The molecule has 0 bridgehead atoms. The van der Waals surface area contributed by atoms with Crippen molar-refractivity contribution in [1.29, 1.82) is 0 Å². The van der Waals surface area contributed by atoms with Crippen LogP contribution < -0.4 is 5.56 Å². The number of aromatic nitrogens is 5. The van der Waals surface area contributed by atoms with Gasteiger partial charge < -0.3 is 4.98 Å². The van der Waals surface area contributed by atoms with Crippen LogP contribution in [-0.2, 0) is 6.42 Å². The lowest BCUT2D eigenvalue weighted by atomic mass is 9.88. The number of nitrogens with zero attached hydrogens (tertiary/aromatic N) is 4. The zero-order chi connectivity index (χ0) is 19.9. The van der Waals surface area contributed by atoms with Crippen molar-refractivity contribution >= 4 is 5.65 Å². The van der Waals surface area contributed by atoms with Crippen LogP contribution in [0.15, 0.2) is 53.6 Å². The molecule has 142 valence electrons. The zero-order valence-corrected chi connectivity index (χ0v) is 16.5. The molecule has 0 aliphatic carbocycles. The van der Waals surface area contributed by atoms with Gasteiger partial charge in [0.25, 0.3) is 5.56 Å². The van der Waals surface area contributed by atoms with Crippen LogP contribution in [-0.4, -0.2) is 24.6 Å². The number of aryl methyl sites for hydroxylation is 1. The largest absolute Gasteiger partial charge is 0.339 e. The topological polar surface area (TPSA) is 75.9 Å². The van der Waals surface area contributed by atoms with E-state index in [1.807, 2.05) is 25.1 Å². The second kappa shape index (κ2) is 6.71. The molecule has 0 saturated carbocycles. The first kappa shape index (κ1) is 18.1. The quantitative estimate of drug-likeness (QED) is 0.588. The van der Waals surface area contributed by atoms with Gasteiger partial charge in [-0.1, -0.05) is 45.0 Å². The molecule has 0 amide bonds. The Labute approximate surface area is 163 Å². The fourth-order valence-electron chi connectivity index (χ4n) is 3.34. The van der Waals surface area contributed by atoms with Gasteiger partial charge in [-0.15, -0.1) is 0 Å². The molecule has 4 aromatic rings. The molecule has 3 heterocycles. The number of H-pyrrole nitrogens is 1. The van der Waals surface area contributed by atoms with E-state index < -0.39 is 0 Å². The Kier molecular flexibility index (Phi) is 4.34. The molecule has 0 saturated heterocycles. The highest BCUT2D eigenvalue weighted by Crippen LogP contribution is 2.24. The zero-order valence-electron chi connectivity index (χ0n) is 16.5. The average Bonchev–Trinajstić information content (AvgIpc) is 3.06. The number of nitrogens with one attached hydrogen (secondary N) is 1. The fraction of sp³-hybridized carbons (Fsp3) is 0.273. The number of fused-ring (bicyclic) bond motifs is 1. The fourth-order valence-corrected chi connectivity index (χ4v) is 3.34. The Morgan fingerprint density at radius 2 is 1.75 bits per heavy atom. The predicted octanol–water partition coefficient (Wildman–Crippen LogP) is 4.04. The standard InChI is InChI=1S/C22H23N5O/c1-14-21(24-10-9-23-14)18-11-19-25-17(12-20(28)27(19)26-18)16-7-5-15(6-8-16)13-22(2,3)4/h5-12,25H,13H2,1-4H3. The van der Waals surface area contributed by atoms with Crippen LogP contribution in [0.25, 0.3) is 28.3 Å². The Bertz CT molecular complexity index is 1200. The summed E-state index contributed by atoms with van der Waals surface area (Å²) in [6.07, 6.45) is 4.27. The van der Waals surface area contributed by atoms with Crippen LogP contribution in [0.5, 0.6) is 0 Å². The summed E-state index contributed by atoms with van der Waals surface area (Å²) in [6, 6.07) is 11.7. The van der Waals surface area contributed by atoms with Crippen molar-refractivity contribution in [1.82, 2.24) is 24.6 Å². The molecular weight excluding hydrogens is 350 g/mol. The second-order valence-corrected chi connectivity index (χ2v) is 8.27. The van der Waals surface area contributed by atoms with Crippen molar-refractivity contribution in [2.24, 2.45) is 5.41 Å². The van der Waals surface area contributed by atoms with Crippen LogP contribution in [0.4, 0.5) is 0 Å².